The van der Waals surface area contributed by atoms with Gasteiger partial charge in [-0.1, -0.05) is 12.1 Å². The summed E-state index contributed by atoms with van der Waals surface area (Å²) in [6, 6.07) is 10.2. The Morgan fingerprint density at radius 2 is 2.07 bits per heavy atom. The summed E-state index contributed by atoms with van der Waals surface area (Å²) < 4.78 is 21.0. The second-order valence-electron chi connectivity index (χ2n) is 8.45. The molecule has 7 heteroatoms. The quantitative estimate of drug-likeness (QED) is 0.633. The Kier molecular flexibility index (Phi) is 4.98. The third-order valence-electron chi connectivity index (χ3n) is 5.00. The molecule has 0 radical (unpaired) electrons. The summed E-state index contributed by atoms with van der Waals surface area (Å²) in [5, 5.41) is 4.68. The molecule has 3 aromatic rings. The van der Waals surface area contributed by atoms with Crippen molar-refractivity contribution in [3.8, 4) is 11.3 Å². The predicted octanol–water partition coefficient (Wildman–Crippen LogP) is 4.65. The SMILES string of the molecule is CC(C)(C)OC(=O)N1CCCC(c2ccnc3cc(-c4cccc(F)c4)nn23)C1. The van der Waals surface area contributed by atoms with Crippen LogP contribution in [0, 0.1) is 5.82 Å². The molecule has 1 aromatic carbocycles. The van der Waals surface area contributed by atoms with Gasteiger partial charge in [0.2, 0.25) is 0 Å². The van der Waals surface area contributed by atoms with Crippen LogP contribution in [-0.2, 0) is 4.74 Å². The molecule has 1 aliphatic heterocycles. The van der Waals surface area contributed by atoms with E-state index in [1.54, 1.807) is 17.2 Å². The van der Waals surface area contributed by atoms with E-state index in [4.69, 9.17) is 4.74 Å². The lowest BCUT2D eigenvalue weighted by Crippen LogP contribution is -2.42. The van der Waals surface area contributed by atoms with E-state index in [-0.39, 0.29) is 17.8 Å². The van der Waals surface area contributed by atoms with E-state index in [9.17, 15) is 9.18 Å². The van der Waals surface area contributed by atoms with Crippen molar-refractivity contribution in [1.82, 2.24) is 19.5 Å². The third-order valence-corrected chi connectivity index (χ3v) is 5.00. The fraction of sp³-hybridized carbons (Fsp3) is 0.409. The number of ether oxygens (including phenoxy) is 1. The van der Waals surface area contributed by atoms with Crippen LogP contribution in [0.15, 0.2) is 42.6 Å². The van der Waals surface area contributed by atoms with E-state index < -0.39 is 5.60 Å². The summed E-state index contributed by atoms with van der Waals surface area (Å²) >= 11 is 0. The highest BCUT2D eigenvalue weighted by atomic mass is 19.1. The maximum absolute atomic E-state index is 13.6. The molecule has 0 saturated carbocycles. The Balaban J connectivity index is 1.63. The van der Waals surface area contributed by atoms with E-state index in [1.807, 2.05) is 43.5 Å². The summed E-state index contributed by atoms with van der Waals surface area (Å²) in [5.41, 5.74) is 2.56. The lowest BCUT2D eigenvalue weighted by Gasteiger charge is -2.34. The van der Waals surface area contributed by atoms with Crippen LogP contribution in [0.1, 0.15) is 45.2 Å². The van der Waals surface area contributed by atoms with Crippen LogP contribution < -0.4 is 0 Å². The Hall–Kier alpha value is -2.96. The Bertz CT molecular complexity index is 1040. The van der Waals surface area contributed by atoms with Crippen molar-refractivity contribution in [1.29, 1.82) is 0 Å². The number of halogens is 1. The van der Waals surface area contributed by atoms with Crippen LogP contribution in [-0.4, -0.2) is 44.3 Å². The van der Waals surface area contributed by atoms with Gasteiger partial charge < -0.3 is 9.64 Å². The molecule has 0 spiro atoms. The zero-order valence-corrected chi connectivity index (χ0v) is 16.9. The molecule has 1 amide bonds. The zero-order valence-electron chi connectivity index (χ0n) is 16.9. The van der Waals surface area contributed by atoms with Crippen LogP contribution in [0.4, 0.5) is 9.18 Å². The normalized spacial score (nSPS) is 17.5. The minimum atomic E-state index is -0.518. The molecule has 1 unspecified atom stereocenters. The van der Waals surface area contributed by atoms with Gasteiger partial charge in [0, 0.05) is 36.8 Å². The van der Waals surface area contributed by atoms with Gasteiger partial charge in [-0.05, 0) is 51.8 Å². The highest BCUT2D eigenvalue weighted by Gasteiger charge is 2.29. The summed E-state index contributed by atoms with van der Waals surface area (Å²) in [5.74, 6) is -0.171. The van der Waals surface area contributed by atoms with Crippen LogP contribution in [0.2, 0.25) is 0 Å². The summed E-state index contributed by atoms with van der Waals surface area (Å²) in [7, 11) is 0. The number of likely N-dealkylation sites (tertiary alicyclic amines) is 1. The maximum atomic E-state index is 13.6. The van der Waals surface area contributed by atoms with E-state index in [0.29, 0.717) is 30.0 Å². The lowest BCUT2D eigenvalue weighted by atomic mass is 9.95. The van der Waals surface area contributed by atoms with Crippen LogP contribution in [0.5, 0.6) is 0 Å². The number of piperidine rings is 1. The number of nitrogens with zero attached hydrogens (tertiary/aromatic N) is 4. The number of hydrogen-bond acceptors (Lipinski definition) is 4. The first-order chi connectivity index (χ1) is 13.8. The predicted molar refractivity (Wildman–Crippen MR) is 108 cm³/mol. The van der Waals surface area contributed by atoms with Gasteiger partial charge in [0.1, 0.15) is 11.4 Å². The number of rotatable bonds is 2. The molecule has 2 aromatic heterocycles. The van der Waals surface area contributed by atoms with E-state index in [2.05, 4.69) is 10.1 Å². The van der Waals surface area contributed by atoms with Crippen molar-refractivity contribution in [3.05, 3.63) is 54.1 Å². The highest BCUT2D eigenvalue weighted by molar-refractivity contribution is 5.68. The van der Waals surface area contributed by atoms with E-state index >= 15 is 0 Å². The minimum Gasteiger partial charge on any atom is -0.444 e. The Labute approximate surface area is 169 Å². The van der Waals surface area contributed by atoms with Gasteiger partial charge in [-0.15, -0.1) is 0 Å². The molecule has 0 N–H and O–H groups in total. The number of hydrogen-bond donors (Lipinski definition) is 0. The van der Waals surface area contributed by atoms with Gasteiger partial charge in [-0.3, -0.25) is 0 Å². The number of benzene rings is 1. The average molecular weight is 396 g/mol. The topological polar surface area (TPSA) is 59.7 Å². The molecule has 1 atom stereocenters. The number of amides is 1. The van der Waals surface area contributed by atoms with Crippen molar-refractivity contribution in [2.45, 2.75) is 45.1 Å². The third kappa shape index (κ3) is 4.23. The number of carbonyl (C=O) groups excluding carboxylic acids is 1. The van der Waals surface area contributed by atoms with E-state index in [0.717, 1.165) is 18.5 Å². The largest absolute Gasteiger partial charge is 0.444 e. The van der Waals surface area contributed by atoms with Crippen LogP contribution >= 0.6 is 0 Å². The molecular weight excluding hydrogens is 371 g/mol. The minimum absolute atomic E-state index is 0.127. The molecule has 4 rings (SSSR count). The van der Waals surface area contributed by atoms with E-state index in [1.165, 1.54) is 12.1 Å². The first kappa shape index (κ1) is 19.4. The van der Waals surface area contributed by atoms with Crippen molar-refractivity contribution in [2.24, 2.45) is 0 Å². The molecule has 1 aliphatic rings. The molecular formula is C22H25FN4O2. The molecule has 0 bridgehead atoms. The highest BCUT2D eigenvalue weighted by Crippen LogP contribution is 2.29. The van der Waals surface area contributed by atoms with Gasteiger partial charge in [-0.25, -0.2) is 18.7 Å². The number of aromatic nitrogens is 3. The Morgan fingerprint density at radius 3 is 2.83 bits per heavy atom. The maximum Gasteiger partial charge on any atom is 0.410 e. The molecule has 3 heterocycles. The second-order valence-corrected chi connectivity index (χ2v) is 8.45. The van der Waals surface area contributed by atoms with Crippen LogP contribution in [0.3, 0.4) is 0 Å². The van der Waals surface area contributed by atoms with Crippen molar-refractivity contribution in [3.63, 3.8) is 0 Å². The van der Waals surface area contributed by atoms with Crippen LogP contribution in [0.25, 0.3) is 16.9 Å². The molecule has 0 aliphatic carbocycles. The fourth-order valence-electron chi connectivity index (χ4n) is 3.72. The molecule has 152 valence electrons. The number of fused-ring (bicyclic) bond motifs is 1. The monoisotopic (exact) mass is 396 g/mol. The molecule has 1 saturated heterocycles. The molecule has 1 fully saturated rings. The van der Waals surface area contributed by atoms with Gasteiger partial charge in [0.25, 0.3) is 0 Å². The summed E-state index contributed by atoms with van der Waals surface area (Å²) in [6.45, 7) is 6.87. The molecule has 6 nitrogen and oxygen atoms in total. The van der Waals surface area contributed by atoms with Crippen molar-refractivity contribution < 1.29 is 13.9 Å². The van der Waals surface area contributed by atoms with Crippen molar-refractivity contribution in [2.75, 3.05) is 13.1 Å². The molecule has 29 heavy (non-hydrogen) atoms. The van der Waals surface area contributed by atoms with Gasteiger partial charge in [0.15, 0.2) is 5.65 Å². The average Bonchev–Trinajstić information content (AvgIpc) is 3.11. The summed E-state index contributed by atoms with van der Waals surface area (Å²) in [6.07, 6.45) is 3.32. The fourth-order valence-corrected chi connectivity index (χ4v) is 3.72. The smallest absolute Gasteiger partial charge is 0.410 e. The Morgan fingerprint density at radius 1 is 1.24 bits per heavy atom. The number of carbonyl (C=O) groups is 1. The lowest BCUT2D eigenvalue weighted by molar-refractivity contribution is 0.0196. The summed E-state index contributed by atoms with van der Waals surface area (Å²) in [4.78, 5) is 18.7. The van der Waals surface area contributed by atoms with Gasteiger partial charge >= 0.3 is 6.09 Å². The zero-order chi connectivity index (χ0) is 20.6. The standard InChI is InChI=1S/C22H25FN4O2/c1-22(2,3)29-21(28)26-11-5-7-16(14-26)19-9-10-24-20-13-18(25-27(19)20)15-6-4-8-17(23)12-15/h4,6,8-10,12-13,16H,5,7,11,14H2,1-3H3. The van der Waals surface area contributed by atoms with Gasteiger partial charge in [0.05, 0.1) is 11.4 Å². The second kappa shape index (κ2) is 7.46. The first-order valence-corrected chi connectivity index (χ1v) is 9.89. The first-order valence-electron chi connectivity index (χ1n) is 9.89. The van der Waals surface area contributed by atoms with Crippen molar-refractivity contribution >= 4 is 11.7 Å². The van der Waals surface area contributed by atoms with Gasteiger partial charge in [-0.2, -0.15) is 5.10 Å².